The Bertz CT molecular complexity index is 1250. The molecule has 1 aromatic carbocycles. The highest BCUT2D eigenvalue weighted by Gasteiger charge is 2.30. The van der Waals surface area contributed by atoms with Crippen molar-refractivity contribution < 1.29 is 4.79 Å². The third kappa shape index (κ3) is 1.48. The Balaban J connectivity index is 2.10. The van der Waals surface area contributed by atoms with Gasteiger partial charge in [-0.25, -0.2) is 4.98 Å². The Morgan fingerprint density at radius 2 is 1.79 bits per heavy atom. The number of para-hydroxylation sites is 1. The van der Waals surface area contributed by atoms with Crippen LogP contribution in [0.3, 0.4) is 0 Å². The van der Waals surface area contributed by atoms with Crippen molar-refractivity contribution in [2.24, 2.45) is 7.05 Å². The lowest BCUT2D eigenvalue weighted by Crippen LogP contribution is -2.28. The molecule has 5 heteroatoms. The van der Waals surface area contributed by atoms with E-state index in [1.807, 2.05) is 30.3 Å². The number of fused-ring (bicyclic) bond motifs is 4. The molecule has 0 fully saturated rings. The summed E-state index contributed by atoms with van der Waals surface area (Å²) < 4.78 is 1.41. The molecule has 24 heavy (non-hydrogen) atoms. The average Bonchev–Trinajstić information content (AvgIpc) is 2.61. The van der Waals surface area contributed by atoms with Crippen molar-refractivity contribution in [3.8, 4) is 11.3 Å². The second-order valence-electron chi connectivity index (χ2n) is 5.91. The first-order valence-corrected chi connectivity index (χ1v) is 7.59. The van der Waals surface area contributed by atoms with Gasteiger partial charge in [0.05, 0.1) is 16.8 Å². The second kappa shape index (κ2) is 4.35. The van der Waals surface area contributed by atoms with Crippen molar-refractivity contribution in [3.05, 3.63) is 70.4 Å². The average molecular weight is 313 g/mol. The fourth-order valence-corrected chi connectivity index (χ4v) is 3.43. The molecule has 0 saturated heterocycles. The van der Waals surface area contributed by atoms with Gasteiger partial charge in [0, 0.05) is 35.8 Å². The number of ketones is 1. The van der Waals surface area contributed by atoms with Crippen molar-refractivity contribution in [1.29, 1.82) is 0 Å². The maximum Gasteiger partial charge on any atom is 0.262 e. The molecule has 0 bridgehead atoms. The van der Waals surface area contributed by atoms with E-state index in [2.05, 4.69) is 4.98 Å². The molecule has 0 unspecified atom stereocenters. The van der Waals surface area contributed by atoms with Crippen LogP contribution < -0.4 is 5.56 Å². The van der Waals surface area contributed by atoms with Crippen LogP contribution in [0.1, 0.15) is 16.1 Å². The van der Waals surface area contributed by atoms with Crippen LogP contribution in [0.15, 0.2) is 53.6 Å². The molecule has 0 atom stereocenters. The van der Waals surface area contributed by atoms with Gasteiger partial charge in [-0.2, -0.15) is 0 Å². The van der Waals surface area contributed by atoms with Crippen LogP contribution in [-0.2, 0) is 7.05 Å². The van der Waals surface area contributed by atoms with Crippen molar-refractivity contribution in [2.45, 2.75) is 0 Å². The van der Waals surface area contributed by atoms with E-state index >= 15 is 0 Å². The third-order valence-electron chi connectivity index (χ3n) is 4.58. The van der Waals surface area contributed by atoms with Gasteiger partial charge in [0.25, 0.3) is 5.56 Å². The number of aromatic nitrogens is 3. The molecule has 0 amide bonds. The van der Waals surface area contributed by atoms with Crippen molar-refractivity contribution >= 4 is 27.5 Å². The first kappa shape index (κ1) is 13.1. The monoisotopic (exact) mass is 313 g/mol. The summed E-state index contributed by atoms with van der Waals surface area (Å²) in [4.78, 5) is 34.4. The molecule has 1 aliphatic carbocycles. The van der Waals surface area contributed by atoms with Gasteiger partial charge in [-0.3, -0.25) is 14.6 Å². The quantitative estimate of drug-likeness (QED) is 0.412. The predicted octanol–water partition coefficient (Wildman–Crippen LogP) is 2.69. The molecule has 5 nitrogen and oxygen atoms in total. The lowest BCUT2D eigenvalue weighted by atomic mass is 9.88. The predicted molar refractivity (Wildman–Crippen MR) is 91.2 cm³/mol. The maximum absolute atomic E-state index is 12.9. The number of benzene rings is 1. The SMILES string of the molecule is Cn1ccc2c(c1=O)C(=O)c1nccc3c1c-2nc1ccccc13. The summed E-state index contributed by atoms with van der Waals surface area (Å²) in [7, 11) is 1.63. The molecule has 3 heterocycles. The highest BCUT2D eigenvalue weighted by Crippen LogP contribution is 2.38. The van der Waals surface area contributed by atoms with E-state index in [0.717, 1.165) is 21.7 Å². The van der Waals surface area contributed by atoms with Crippen LogP contribution in [0.5, 0.6) is 0 Å². The van der Waals surface area contributed by atoms with Crippen LogP contribution >= 0.6 is 0 Å². The fourth-order valence-electron chi connectivity index (χ4n) is 3.43. The van der Waals surface area contributed by atoms with Gasteiger partial charge in [0.2, 0.25) is 5.78 Å². The minimum absolute atomic E-state index is 0.148. The number of aryl methyl sites for hydroxylation is 1. The molecular weight excluding hydrogens is 302 g/mol. The zero-order chi connectivity index (χ0) is 16.4. The Kier molecular flexibility index (Phi) is 2.38. The van der Waals surface area contributed by atoms with Gasteiger partial charge < -0.3 is 4.57 Å². The molecule has 5 rings (SSSR count). The topological polar surface area (TPSA) is 64.8 Å². The fraction of sp³-hybridized carbons (Fsp3) is 0.0526. The molecule has 3 aromatic heterocycles. The Hall–Kier alpha value is -3.34. The van der Waals surface area contributed by atoms with Gasteiger partial charge in [-0.15, -0.1) is 0 Å². The number of hydrogen-bond acceptors (Lipinski definition) is 4. The Labute approximate surface area is 136 Å². The third-order valence-corrected chi connectivity index (χ3v) is 4.58. The molecule has 0 radical (unpaired) electrons. The van der Waals surface area contributed by atoms with Gasteiger partial charge in [-0.05, 0) is 23.6 Å². The van der Waals surface area contributed by atoms with Crippen LogP contribution in [0.2, 0.25) is 0 Å². The van der Waals surface area contributed by atoms with Crippen molar-refractivity contribution in [1.82, 2.24) is 14.5 Å². The molecule has 4 aromatic rings. The minimum Gasteiger partial charge on any atom is -0.318 e. The van der Waals surface area contributed by atoms with E-state index in [4.69, 9.17) is 4.98 Å². The number of nitrogens with zero attached hydrogens (tertiary/aromatic N) is 3. The van der Waals surface area contributed by atoms with E-state index in [1.54, 1.807) is 25.5 Å². The van der Waals surface area contributed by atoms with Gasteiger partial charge in [-0.1, -0.05) is 18.2 Å². The van der Waals surface area contributed by atoms with Gasteiger partial charge >= 0.3 is 0 Å². The zero-order valence-electron chi connectivity index (χ0n) is 12.8. The number of rotatable bonds is 0. The van der Waals surface area contributed by atoms with Crippen LogP contribution in [0, 0.1) is 0 Å². The van der Waals surface area contributed by atoms with Crippen molar-refractivity contribution in [3.63, 3.8) is 0 Å². The molecule has 0 spiro atoms. The second-order valence-corrected chi connectivity index (χ2v) is 5.91. The Morgan fingerprint density at radius 3 is 2.67 bits per heavy atom. The number of pyridine rings is 3. The highest BCUT2D eigenvalue weighted by atomic mass is 16.1. The smallest absolute Gasteiger partial charge is 0.262 e. The summed E-state index contributed by atoms with van der Waals surface area (Å²) in [6.07, 6.45) is 3.28. The molecule has 114 valence electrons. The molecule has 1 aliphatic rings. The first-order chi connectivity index (χ1) is 11.7. The summed E-state index contributed by atoms with van der Waals surface area (Å²) in [5.41, 5.74) is 2.19. The van der Waals surface area contributed by atoms with Crippen LogP contribution in [0.4, 0.5) is 0 Å². The largest absolute Gasteiger partial charge is 0.318 e. The molecule has 0 N–H and O–H groups in total. The van der Waals surface area contributed by atoms with E-state index < -0.39 is 0 Å². The lowest BCUT2D eigenvalue weighted by molar-refractivity contribution is 0.103. The van der Waals surface area contributed by atoms with Crippen LogP contribution in [-0.4, -0.2) is 20.3 Å². The minimum atomic E-state index is -0.332. The molecule has 0 aliphatic heterocycles. The van der Waals surface area contributed by atoms with Crippen molar-refractivity contribution in [2.75, 3.05) is 0 Å². The van der Waals surface area contributed by atoms with Gasteiger partial charge in [0.15, 0.2) is 0 Å². The van der Waals surface area contributed by atoms with E-state index in [1.165, 1.54) is 4.57 Å². The zero-order valence-corrected chi connectivity index (χ0v) is 12.8. The van der Waals surface area contributed by atoms with Gasteiger partial charge in [0.1, 0.15) is 5.69 Å². The lowest BCUT2D eigenvalue weighted by Gasteiger charge is -2.19. The summed E-state index contributed by atoms with van der Waals surface area (Å²) >= 11 is 0. The van der Waals surface area contributed by atoms with E-state index in [-0.39, 0.29) is 16.9 Å². The summed E-state index contributed by atoms with van der Waals surface area (Å²) in [6, 6.07) is 11.5. The summed E-state index contributed by atoms with van der Waals surface area (Å²) in [6.45, 7) is 0. The van der Waals surface area contributed by atoms with E-state index in [9.17, 15) is 9.59 Å². The van der Waals surface area contributed by atoms with E-state index in [0.29, 0.717) is 17.0 Å². The standard InChI is InChI=1S/C19H11N3O2/c1-22-9-7-12-15(19(22)24)18(23)17-14-11(6-8-20-17)10-4-2-3-5-13(10)21-16(12)14/h2-9H,1H3. The summed E-state index contributed by atoms with van der Waals surface area (Å²) in [5, 5.41) is 2.63. The number of carbonyl (C=O) groups excluding carboxylic acids is 1. The first-order valence-electron chi connectivity index (χ1n) is 7.59. The Morgan fingerprint density at radius 1 is 0.958 bits per heavy atom. The summed E-state index contributed by atoms with van der Waals surface area (Å²) in [5.74, 6) is -0.332. The number of hydrogen-bond donors (Lipinski definition) is 0. The molecule has 0 saturated carbocycles. The van der Waals surface area contributed by atoms with Crippen LogP contribution in [0.25, 0.3) is 32.9 Å². The normalized spacial score (nSPS) is 12.6. The molecular formula is C19H11N3O2. The maximum atomic E-state index is 12.9. The highest BCUT2D eigenvalue weighted by molar-refractivity contribution is 6.27. The number of carbonyl (C=O) groups is 1.